The van der Waals surface area contributed by atoms with Crippen molar-refractivity contribution in [2.45, 2.75) is 32.4 Å². The third kappa shape index (κ3) is 4.83. The van der Waals surface area contributed by atoms with E-state index in [1.807, 2.05) is 32.3 Å². The Morgan fingerprint density at radius 1 is 1.25 bits per heavy atom. The first kappa shape index (κ1) is 22.0. The number of hydrogen-bond acceptors (Lipinski definition) is 4. The number of hydrogen-bond donors (Lipinski definition) is 1. The molecule has 32 heavy (non-hydrogen) atoms. The highest BCUT2D eigenvalue weighted by atomic mass is 19.1. The molecule has 1 aromatic heterocycles. The Kier molecular flexibility index (Phi) is 6.55. The molecule has 7 heteroatoms. The van der Waals surface area contributed by atoms with Crippen LogP contribution in [0.2, 0.25) is 0 Å². The van der Waals surface area contributed by atoms with Crippen molar-refractivity contribution in [3.63, 3.8) is 0 Å². The number of aromatic nitrogens is 2. The van der Waals surface area contributed by atoms with Gasteiger partial charge >= 0.3 is 0 Å². The number of aryl methyl sites for hydroxylation is 2. The van der Waals surface area contributed by atoms with Crippen molar-refractivity contribution in [1.82, 2.24) is 20.0 Å². The summed E-state index contributed by atoms with van der Waals surface area (Å²) in [5.74, 6) is 0.259. The highest BCUT2D eigenvalue weighted by molar-refractivity contribution is 5.84. The zero-order valence-corrected chi connectivity index (χ0v) is 18.8. The number of carbonyl (C=O) groups is 1. The van der Waals surface area contributed by atoms with Gasteiger partial charge in [0, 0.05) is 50.6 Å². The molecule has 0 radical (unpaired) electrons. The van der Waals surface area contributed by atoms with Crippen LogP contribution in [0.25, 0.3) is 0 Å². The molecule has 0 aliphatic carbocycles. The van der Waals surface area contributed by atoms with Gasteiger partial charge in [-0.25, -0.2) is 4.39 Å². The Balaban J connectivity index is 1.46. The van der Waals surface area contributed by atoms with E-state index in [0.29, 0.717) is 26.1 Å². The van der Waals surface area contributed by atoms with Crippen LogP contribution in [0.3, 0.4) is 0 Å². The van der Waals surface area contributed by atoms with Gasteiger partial charge in [-0.3, -0.25) is 14.4 Å². The molecular formula is C25H29FN4O2. The normalized spacial score (nSPS) is 15.9. The lowest BCUT2D eigenvalue weighted by Gasteiger charge is -2.31. The van der Waals surface area contributed by atoms with Crippen LogP contribution < -0.4 is 10.1 Å². The Morgan fingerprint density at radius 2 is 2.03 bits per heavy atom. The first-order valence-corrected chi connectivity index (χ1v) is 10.8. The largest absolute Gasteiger partial charge is 0.496 e. The quantitative estimate of drug-likeness (QED) is 0.617. The first-order valence-electron chi connectivity index (χ1n) is 10.8. The van der Waals surface area contributed by atoms with Gasteiger partial charge in [0.15, 0.2) is 0 Å². The molecule has 3 aromatic rings. The van der Waals surface area contributed by atoms with E-state index < -0.39 is 0 Å². The minimum Gasteiger partial charge on any atom is -0.496 e. The van der Waals surface area contributed by atoms with E-state index in [9.17, 15) is 9.18 Å². The number of ether oxygens (including phenoxy) is 1. The number of halogens is 1. The van der Waals surface area contributed by atoms with Crippen LogP contribution >= 0.6 is 0 Å². The van der Waals surface area contributed by atoms with Crippen molar-refractivity contribution >= 4 is 5.91 Å². The SMILES string of the molecule is COc1c(C)cccc1CN1Cc2cn(C)nc2C(C(=O)NCCc2ccc(F)cc2)C1. The molecule has 1 N–H and O–H groups in total. The minimum absolute atomic E-state index is 0.0343. The molecule has 1 atom stereocenters. The van der Waals surface area contributed by atoms with E-state index >= 15 is 0 Å². The highest BCUT2D eigenvalue weighted by Gasteiger charge is 2.33. The van der Waals surface area contributed by atoms with Gasteiger partial charge in [0.2, 0.25) is 5.91 Å². The monoisotopic (exact) mass is 436 g/mol. The molecule has 6 nitrogen and oxygen atoms in total. The number of fused-ring (bicyclic) bond motifs is 1. The summed E-state index contributed by atoms with van der Waals surface area (Å²) in [7, 11) is 3.58. The third-order valence-electron chi connectivity index (χ3n) is 5.94. The number of carbonyl (C=O) groups excluding carboxylic acids is 1. The Bertz CT molecular complexity index is 1090. The topological polar surface area (TPSA) is 59.4 Å². The lowest BCUT2D eigenvalue weighted by atomic mass is 9.95. The van der Waals surface area contributed by atoms with Gasteiger partial charge < -0.3 is 10.1 Å². The van der Waals surface area contributed by atoms with Gasteiger partial charge in [-0.15, -0.1) is 0 Å². The van der Waals surface area contributed by atoms with E-state index in [2.05, 4.69) is 21.4 Å². The fraction of sp³-hybridized carbons (Fsp3) is 0.360. The lowest BCUT2D eigenvalue weighted by Crippen LogP contribution is -2.41. The van der Waals surface area contributed by atoms with E-state index in [1.54, 1.807) is 23.9 Å². The molecule has 0 saturated carbocycles. The van der Waals surface area contributed by atoms with Crippen LogP contribution in [0.15, 0.2) is 48.7 Å². The molecule has 2 aromatic carbocycles. The Labute approximate surface area is 188 Å². The average molecular weight is 437 g/mol. The molecule has 2 heterocycles. The second-order valence-corrected chi connectivity index (χ2v) is 8.37. The van der Waals surface area contributed by atoms with Crippen LogP contribution in [0.4, 0.5) is 4.39 Å². The van der Waals surface area contributed by atoms with E-state index in [4.69, 9.17) is 4.74 Å². The summed E-state index contributed by atoms with van der Waals surface area (Å²) in [6, 6.07) is 12.5. The van der Waals surface area contributed by atoms with Gasteiger partial charge in [0.1, 0.15) is 11.6 Å². The van der Waals surface area contributed by atoms with Gasteiger partial charge in [-0.05, 0) is 36.6 Å². The van der Waals surface area contributed by atoms with Crippen molar-refractivity contribution in [3.8, 4) is 5.75 Å². The van der Waals surface area contributed by atoms with Crippen LogP contribution in [0.5, 0.6) is 5.75 Å². The van der Waals surface area contributed by atoms with Crippen molar-refractivity contribution in [1.29, 1.82) is 0 Å². The minimum atomic E-state index is -0.344. The van der Waals surface area contributed by atoms with Crippen molar-refractivity contribution in [3.05, 3.63) is 82.4 Å². The number of methoxy groups -OCH3 is 1. The number of amides is 1. The lowest BCUT2D eigenvalue weighted by molar-refractivity contribution is -0.123. The third-order valence-corrected chi connectivity index (χ3v) is 5.94. The molecule has 1 aliphatic heterocycles. The molecule has 168 valence electrons. The molecule has 4 rings (SSSR count). The maximum absolute atomic E-state index is 13.1. The fourth-order valence-corrected chi connectivity index (χ4v) is 4.42. The second-order valence-electron chi connectivity index (χ2n) is 8.37. The molecular weight excluding hydrogens is 407 g/mol. The van der Waals surface area contributed by atoms with E-state index in [0.717, 1.165) is 40.2 Å². The number of nitrogens with zero attached hydrogens (tertiary/aromatic N) is 3. The molecule has 1 unspecified atom stereocenters. The average Bonchev–Trinajstić information content (AvgIpc) is 3.14. The fourth-order valence-electron chi connectivity index (χ4n) is 4.42. The van der Waals surface area contributed by atoms with Crippen molar-refractivity contribution in [2.24, 2.45) is 7.05 Å². The standard InChI is InChI=1S/C25H29FN4O2/c1-17-5-4-6-19(24(17)32-3)14-30-15-20-13-29(2)28-23(20)22(16-30)25(31)27-12-11-18-7-9-21(26)10-8-18/h4-10,13,22H,11-12,14-16H2,1-3H3,(H,27,31). The number of benzene rings is 2. The number of para-hydroxylation sites is 1. The number of rotatable bonds is 7. The second kappa shape index (κ2) is 9.53. The zero-order valence-electron chi connectivity index (χ0n) is 18.8. The van der Waals surface area contributed by atoms with Crippen LogP contribution in [-0.2, 0) is 31.4 Å². The Morgan fingerprint density at radius 3 is 2.78 bits per heavy atom. The maximum atomic E-state index is 13.1. The van der Waals surface area contributed by atoms with Crippen molar-refractivity contribution in [2.75, 3.05) is 20.2 Å². The maximum Gasteiger partial charge on any atom is 0.230 e. The van der Waals surface area contributed by atoms with Crippen LogP contribution in [0, 0.1) is 12.7 Å². The van der Waals surface area contributed by atoms with Gasteiger partial charge in [-0.2, -0.15) is 5.10 Å². The van der Waals surface area contributed by atoms with Crippen LogP contribution in [-0.4, -0.2) is 40.8 Å². The molecule has 1 aliphatic rings. The van der Waals surface area contributed by atoms with E-state index in [1.165, 1.54) is 12.1 Å². The first-order chi connectivity index (χ1) is 15.4. The zero-order chi connectivity index (χ0) is 22.7. The van der Waals surface area contributed by atoms with E-state index in [-0.39, 0.29) is 17.6 Å². The smallest absolute Gasteiger partial charge is 0.230 e. The van der Waals surface area contributed by atoms with Crippen LogP contribution in [0.1, 0.15) is 33.9 Å². The summed E-state index contributed by atoms with van der Waals surface area (Å²) in [6.45, 7) is 4.55. The Hall–Kier alpha value is -3.19. The van der Waals surface area contributed by atoms with Gasteiger partial charge in [0.25, 0.3) is 0 Å². The summed E-state index contributed by atoms with van der Waals surface area (Å²) in [5.41, 5.74) is 5.11. The molecule has 1 amide bonds. The molecule has 0 spiro atoms. The van der Waals surface area contributed by atoms with Crippen molar-refractivity contribution < 1.29 is 13.9 Å². The highest BCUT2D eigenvalue weighted by Crippen LogP contribution is 2.31. The number of nitrogens with one attached hydrogen (secondary N) is 1. The van der Waals surface area contributed by atoms with Gasteiger partial charge in [0.05, 0.1) is 18.7 Å². The van der Waals surface area contributed by atoms with Gasteiger partial charge in [-0.1, -0.05) is 30.3 Å². The summed E-state index contributed by atoms with van der Waals surface area (Å²) in [4.78, 5) is 15.4. The summed E-state index contributed by atoms with van der Waals surface area (Å²) in [6.07, 6.45) is 2.64. The summed E-state index contributed by atoms with van der Waals surface area (Å²) in [5, 5.41) is 7.63. The summed E-state index contributed by atoms with van der Waals surface area (Å²) < 4.78 is 20.5. The predicted molar refractivity (Wildman–Crippen MR) is 121 cm³/mol. The predicted octanol–water partition coefficient (Wildman–Crippen LogP) is 3.33. The molecule has 0 fully saturated rings. The summed E-state index contributed by atoms with van der Waals surface area (Å²) >= 11 is 0. The molecule has 0 bridgehead atoms. The molecule has 0 saturated heterocycles.